The van der Waals surface area contributed by atoms with Crippen molar-refractivity contribution >= 4 is 16.9 Å². The first-order chi connectivity index (χ1) is 17.0. The maximum Gasteiger partial charge on any atom is 0.251 e. The first kappa shape index (κ1) is 24.1. The van der Waals surface area contributed by atoms with Gasteiger partial charge in [-0.25, -0.2) is 4.98 Å². The molecular formula is C28H31N3O4. The van der Waals surface area contributed by atoms with E-state index < -0.39 is 0 Å². The summed E-state index contributed by atoms with van der Waals surface area (Å²) in [5.74, 6) is 2.56. The molecule has 3 aromatic carbocycles. The van der Waals surface area contributed by atoms with Crippen molar-refractivity contribution < 1.29 is 19.0 Å². The van der Waals surface area contributed by atoms with Crippen LogP contribution in [0.1, 0.15) is 33.7 Å². The zero-order chi connectivity index (χ0) is 24.8. The summed E-state index contributed by atoms with van der Waals surface area (Å²) in [5.41, 5.74) is 4.90. The molecule has 7 heteroatoms. The van der Waals surface area contributed by atoms with Gasteiger partial charge >= 0.3 is 0 Å². The van der Waals surface area contributed by atoms with E-state index in [-0.39, 0.29) is 5.91 Å². The number of amides is 1. The summed E-state index contributed by atoms with van der Waals surface area (Å²) in [4.78, 5) is 17.6. The highest BCUT2D eigenvalue weighted by molar-refractivity contribution is 5.94. The predicted molar refractivity (Wildman–Crippen MR) is 136 cm³/mol. The summed E-state index contributed by atoms with van der Waals surface area (Å²) in [6.45, 7) is 5.80. The van der Waals surface area contributed by atoms with Gasteiger partial charge in [0.25, 0.3) is 5.91 Å². The van der Waals surface area contributed by atoms with Gasteiger partial charge in [-0.2, -0.15) is 0 Å². The normalized spacial score (nSPS) is 10.9. The van der Waals surface area contributed by atoms with Crippen LogP contribution < -0.4 is 19.5 Å². The van der Waals surface area contributed by atoms with Gasteiger partial charge in [-0.15, -0.1) is 0 Å². The van der Waals surface area contributed by atoms with Crippen LogP contribution in [0.5, 0.6) is 17.2 Å². The van der Waals surface area contributed by atoms with Crippen LogP contribution >= 0.6 is 0 Å². The molecule has 0 fully saturated rings. The van der Waals surface area contributed by atoms with E-state index in [4.69, 9.17) is 19.2 Å². The van der Waals surface area contributed by atoms with Gasteiger partial charge in [0.05, 0.1) is 38.4 Å². The number of ether oxygens (including phenoxy) is 3. The number of imidazole rings is 1. The van der Waals surface area contributed by atoms with Crippen LogP contribution in [0.4, 0.5) is 0 Å². The maximum atomic E-state index is 12.8. The molecule has 0 bridgehead atoms. The van der Waals surface area contributed by atoms with E-state index in [1.807, 2.05) is 30.3 Å². The molecule has 1 heterocycles. The Kier molecular flexibility index (Phi) is 7.55. The van der Waals surface area contributed by atoms with E-state index in [2.05, 4.69) is 35.9 Å². The summed E-state index contributed by atoms with van der Waals surface area (Å²) >= 11 is 0. The summed E-state index contributed by atoms with van der Waals surface area (Å²) in [7, 11) is 3.11. The van der Waals surface area contributed by atoms with E-state index in [1.54, 1.807) is 32.4 Å². The Hall–Kier alpha value is -4.00. The number of methoxy groups -OCH3 is 2. The van der Waals surface area contributed by atoms with Crippen LogP contribution in [0.25, 0.3) is 11.0 Å². The highest BCUT2D eigenvalue weighted by Crippen LogP contribution is 2.27. The number of hydrogen-bond acceptors (Lipinski definition) is 5. The molecule has 0 saturated carbocycles. The third-order valence-corrected chi connectivity index (χ3v) is 6.06. The fourth-order valence-electron chi connectivity index (χ4n) is 3.97. The zero-order valence-electron chi connectivity index (χ0n) is 20.6. The lowest BCUT2D eigenvalue weighted by Crippen LogP contribution is -2.25. The Morgan fingerprint density at radius 2 is 1.74 bits per heavy atom. The van der Waals surface area contributed by atoms with Crippen molar-refractivity contribution in [1.29, 1.82) is 0 Å². The molecule has 0 saturated heterocycles. The molecule has 1 N–H and O–H groups in total. The topological polar surface area (TPSA) is 74.6 Å². The highest BCUT2D eigenvalue weighted by Gasteiger charge is 2.14. The number of carbonyl (C=O) groups excluding carboxylic acids is 1. The average Bonchev–Trinajstić information content (AvgIpc) is 3.24. The number of nitrogens with zero attached hydrogens (tertiary/aromatic N) is 2. The second kappa shape index (κ2) is 11.0. The van der Waals surface area contributed by atoms with Gasteiger partial charge < -0.3 is 24.1 Å². The largest absolute Gasteiger partial charge is 0.494 e. The Morgan fingerprint density at radius 3 is 2.51 bits per heavy atom. The van der Waals surface area contributed by atoms with Crippen LogP contribution in [-0.4, -0.2) is 36.3 Å². The lowest BCUT2D eigenvalue weighted by atomic mass is 10.1. The number of carbonyl (C=O) groups is 1. The van der Waals surface area contributed by atoms with Crippen molar-refractivity contribution in [1.82, 2.24) is 14.9 Å². The Bertz CT molecular complexity index is 1330. The van der Waals surface area contributed by atoms with Crippen molar-refractivity contribution in [2.45, 2.75) is 33.4 Å². The smallest absolute Gasteiger partial charge is 0.251 e. The van der Waals surface area contributed by atoms with E-state index >= 15 is 0 Å². The van der Waals surface area contributed by atoms with Crippen LogP contribution in [0.2, 0.25) is 0 Å². The third kappa shape index (κ3) is 5.57. The molecule has 1 amide bonds. The van der Waals surface area contributed by atoms with E-state index in [0.717, 1.165) is 35.6 Å². The molecule has 0 aliphatic heterocycles. The standard InChI is InChI=1S/C28H31N3O4/c1-19-10-12-22(16-20(19)2)35-15-7-14-31-24-9-6-5-8-23(24)30-27(31)18-29-28(32)21-11-13-25(33-3)26(17-21)34-4/h5-6,8-13,16-17H,7,14-15,18H2,1-4H3,(H,29,32). The van der Waals surface area contributed by atoms with Gasteiger partial charge in [-0.1, -0.05) is 18.2 Å². The van der Waals surface area contributed by atoms with Gasteiger partial charge in [-0.3, -0.25) is 4.79 Å². The number of fused-ring (bicyclic) bond motifs is 1. The van der Waals surface area contributed by atoms with Crippen molar-refractivity contribution in [3.05, 3.63) is 83.2 Å². The number of aryl methyl sites for hydroxylation is 3. The van der Waals surface area contributed by atoms with E-state index in [9.17, 15) is 4.79 Å². The summed E-state index contributed by atoms with van der Waals surface area (Å²) in [6.07, 6.45) is 0.809. The molecule has 0 spiro atoms. The lowest BCUT2D eigenvalue weighted by molar-refractivity contribution is 0.0949. The molecule has 7 nitrogen and oxygen atoms in total. The number of hydrogen-bond donors (Lipinski definition) is 1. The minimum absolute atomic E-state index is 0.206. The van der Waals surface area contributed by atoms with Crippen LogP contribution in [0.15, 0.2) is 60.7 Å². The fourth-order valence-corrected chi connectivity index (χ4v) is 3.97. The molecule has 4 aromatic rings. The molecule has 0 atom stereocenters. The predicted octanol–water partition coefficient (Wildman–Crippen LogP) is 5.07. The lowest BCUT2D eigenvalue weighted by Gasteiger charge is -2.12. The van der Waals surface area contributed by atoms with Crippen molar-refractivity contribution in [2.75, 3.05) is 20.8 Å². The van der Waals surface area contributed by atoms with Crippen molar-refractivity contribution in [2.24, 2.45) is 0 Å². The van der Waals surface area contributed by atoms with Crippen molar-refractivity contribution in [3.63, 3.8) is 0 Å². The molecule has 182 valence electrons. The Balaban J connectivity index is 1.43. The molecular weight excluding hydrogens is 442 g/mol. The van der Waals surface area contributed by atoms with Crippen molar-refractivity contribution in [3.8, 4) is 17.2 Å². The van der Waals surface area contributed by atoms with Gasteiger partial charge in [0.2, 0.25) is 0 Å². The van der Waals surface area contributed by atoms with Gasteiger partial charge in [0.1, 0.15) is 11.6 Å². The fraction of sp³-hybridized carbons (Fsp3) is 0.286. The number of para-hydroxylation sites is 2. The SMILES string of the molecule is COc1ccc(C(=O)NCc2nc3ccccc3n2CCCOc2ccc(C)c(C)c2)cc1OC. The Morgan fingerprint density at radius 1 is 0.943 bits per heavy atom. The first-order valence-corrected chi connectivity index (χ1v) is 11.6. The van der Waals surface area contributed by atoms with E-state index in [0.29, 0.717) is 30.2 Å². The summed E-state index contributed by atoms with van der Waals surface area (Å²) < 4.78 is 18.7. The molecule has 0 aliphatic rings. The second-order valence-electron chi connectivity index (χ2n) is 8.37. The first-order valence-electron chi connectivity index (χ1n) is 11.6. The molecule has 4 rings (SSSR count). The highest BCUT2D eigenvalue weighted by atomic mass is 16.5. The molecule has 0 radical (unpaired) electrons. The number of aromatic nitrogens is 2. The number of nitrogens with one attached hydrogen (secondary N) is 1. The van der Waals surface area contributed by atoms with Crippen LogP contribution in [0.3, 0.4) is 0 Å². The van der Waals surface area contributed by atoms with Crippen LogP contribution in [0, 0.1) is 13.8 Å². The maximum absolute atomic E-state index is 12.8. The van der Waals surface area contributed by atoms with Gasteiger partial charge in [0.15, 0.2) is 11.5 Å². The second-order valence-corrected chi connectivity index (χ2v) is 8.37. The quantitative estimate of drug-likeness (QED) is 0.326. The minimum atomic E-state index is -0.206. The van der Waals surface area contributed by atoms with Gasteiger partial charge in [-0.05, 0) is 73.9 Å². The molecule has 1 aromatic heterocycles. The zero-order valence-corrected chi connectivity index (χ0v) is 20.6. The Labute approximate surface area is 205 Å². The van der Waals surface area contributed by atoms with E-state index in [1.165, 1.54) is 11.1 Å². The molecule has 35 heavy (non-hydrogen) atoms. The molecule has 0 unspecified atom stereocenters. The number of benzene rings is 3. The van der Waals surface area contributed by atoms with Crippen LogP contribution in [-0.2, 0) is 13.1 Å². The summed E-state index contributed by atoms with van der Waals surface area (Å²) in [5, 5.41) is 2.98. The molecule has 0 aliphatic carbocycles. The third-order valence-electron chi connectivity index (χ3n) is 6.06. The average molecular weight is 474 g/mol. The van der Waals surface area contributed by atoms with Gasteiger partial charge in [0, 0.05) is 12.1 Å². The summed E-state index contributed by atoms with van der Waals surface area (Å²) in [6, 6.07) is 19.2. The monoisotopic (exact) mass is 473 g/mol. The minimum Gasteiger partial charge on any atom is -0.494 e. The number of rotatable bonds is 10.